The molecule has 5 nitrogen and oxygen atoms in total. The lowest BCUT2D eigenvalue weighted by molar-refractivity contribution is -0.126. The highest BCUT2D eigenvalue weighted by Gasteiger charge is 2.35. The number of benzene rings is 1. The van der Waals surface area contributed by atoms with Crippen molar-refractivity contribution in [3.63, 3.8) is 0 Å². The van der Waals surface area contributed by atoms with Crippen LogP contribution < -0.4 is 15.5 Å². The van der Waals surface area contributed by atoms with Crippen LogP contribution in [0.15, 0.2) is 24.3 Å². The molecule has 1 aromatic carbocycles. The molecule has 2 amide bonds. The first-order valence-electron chi connectivity index (χ1n) is 8.49. The summed E-state index contributed by atoms with van der Waals surface area (Å²) in [6.07, 6.45) is 2.64. The average Bonchev–Trinajstić information content (AvgIpc) is 2.96. The van der Waals surface area contributed by atoms with Crippen LogP contribution in [0.5, 0.6) is 0 Å². The highest BCUT2D eigenvalue weighted by Crippen LogP contribution is 2.25. The number of halogens is 1. The predicted octanol–water partition coefficient (Wildman–Crippen LogP) is 1.89. The zero-order valence-electron chi connectivity index (χ0n) is 14.1. The van der Waals surface area contributed by atoms with Crippen LogP contribution in [0.3, 0.4) is 0 Å². The highest BCUT2D eigenvalue weighted by molar-refractivity contribution is 6.00. The van der Waals surface area contributed by atoms with Gasteiger partial charge in [0, 0.05) is 25.2 Å². The van der Waals surface area contributed by atoms with Crippen LogP contribution in [-0.2, 0) is 9.59 Å². The molecule has 0 spiro atoms. The summed E-state index contributed by atoms with van der Waals surface area (Å²) in [5.74, 6) is 0.324. The lowest BCUT2D eigenvalue weighted by Crippen LogP contribution is -2.40. The van der Waals surface area contributed by atoms with Crippen LogP contribution in [0.1, 0.15) is 24.8 Å². The molecule has 132 valence electrons. The molecule has 3 rings (SSSR count). The highest BCUT2D eigenvalue weighted by atomic mass is 35.5. The van der Waals surface area contributed by atoms with Gasteiger partial charge in [-0.25, -0.2) is 0 Å². The van der Waals surface area contributed by atoms with Gasteiger partial charge in [-0.05, 0) is 50.9 Å². The number of hydrogen-bond donors (Lipinski definition) is 2. The van der Waals surface area contributed by atoms with Crippen molar-refractivity contribution in [2.45, 2.75) is 26.2 Å². The Bertz CT molecular complexity index is 570. The summed E-state index contributed by atoms with van der Waals surface area (Å²) in [5, 5.41) is 6.39. The van der Waals surface area contributed by atoms with Gasteiger partial charge in [-0.2, -0.15) is 0 Å². The number of carbonyl (C=O) groups is 2. The van der Waals surface area contributed by atoms with E-state index in [1.165, 1.54) is 6.42 Å². The van der Waals surface area contributed by atoms with Crippen molar-refractivity contribution in [1.82, 2.24) is 10.6 Å². The standard InChI is InChI=1S/C18H25N3O2.ClH/c1-13-4-6-16(7-5-13)21-12-15(9-17(21)22)18(23)20-11-14-3-2-8-19-10-14;/h4-7,14-15,19H,2-3,8-12H2,1H3,(H,20,23);1H. The monoisotopic (exact) mass is 351 g/mol. The first-order chi connectivity index (χ1) is 11.1. The van der Waals surface area contributed by atoms with Crippen molar-refractivity contribution in [1.29, 1.82) is 0 Å². The molecule has 2 aliphatic heterocycles. The number of anilines is 1. The fourth-order valence-electron chi connectivity index (χ4n) is 3.34. The van der Waals surface area contributed by atoms with Gasteiger partial charge in [-0.1, -0.05) is 17.7 Å². The smallest absolute Gasteiger partial charge is 0.227 e. The summed E-state index contributed by atoms with van der Waals surface area (Å²) < 4.78 is 0. The fourth-order valence-corrected chi connectivity index (χ4v) is 3.34. The fraction of sp³-hybridized carbons (Fsp3) is 0.556. The summed E-state index contributed by atoms with van der Waals surface area (Å²) in [4.78, 5) is 26.3. The first kappa shape index (κ1) is 18.7. The third kappa shape index (κ3) is 4.48. The van der Waals surface area contributed by atoms with Crippen LogP contribution in [0, 0.1) is 18.8 Å². The van der Waals surface area contributed by atoms with Crippen molar-refractivity contribution in [3.8, 4) is 0 Å². The largest absolute Gasteiger partial charge is 0.355 e. The molecule has 2 fully saturated rings. The van der Waals surface area contributed by atoms with Gasteiger partial charge < -0.3 is 15.5 Å². The number of hydrogen-bond acceptors (Lipinski definition) is 3. The van der Waals surface area contributed by atoms with Crippen molar-refractivity contribution in [2.75, 3.05) is 31.1 Å². The Kier molecular flexibility index (Phi) is 6.63. The van der Waals surface area contributed by atoms with Crippen molar-refractivity contribution < 1.29 is 9.59 Å². The van der Waals surface area contributed by atoms with Gasteiger partial charge in [0.15, 0.2) is 0 Å². The van der Waals surface area contributed by atoms with Crippen LogP contribution >= 0.6 is 12.4 Å². The first-order valence-corrected chi connectivity index (χ1v) is 8.49. The summed E-state index contributed by atoms with van der Waals surface area (Å²) in [6.45, 7) is 5.26. The van der Waals surface area contributed by atoms with Gasteiger partial charge in [0.2, 0.25) is 11.8 Å². The summed E-state index contributed by atoms with van der Waals surface area (Å²) in [6, 6.07) is 7.88. The van der Waals surface area contributed by atoms with E-state index in [4.69, 9.17) is 0 Å². The topological polar surface area (TPSA) is 61.4 Å². The minimum atomic E-state index is -0.236. The number of nitrogens with zero attached hydrogens (tertiary/aromatic N) is 1. The molecular formula is C18H26ClN3O2. The van der Waals surface area contributed by atoms with Gasteiger partial charge in [0.05, 0.1) is 5.92 Å². The SMILES string of the molecule is Cc1ccc(N2CC(C(=O)NCC3CCCNC3)CC2=O)cc1.Cl. The van der Waals surface area contributed by atoms with Crippen molar-refractivity contribution >= 4 is 29.9 Å². The van der Waals surface area contributed by atoms with Crippen LogP contribution in [0.4, 0.5) is 5.69 Å². The van der Waals surface area contributed by atoms with Gasteiger partial charge in [-0.15, -0.1) is 12.4 Å². The predicted molar refractivity (Wildman–Crippen MR) is 97.5 cm³/mol. The van der Waals surface area contributed by atoms with E-state index in [9.17, 15) is 9.59 Å². The number of amides is 2. The second kappa shape index (κ2) is 8.49. The van der Waals surface area contributed by atoms with Gasteiger partial charge >= 0.3 is 0 Å². The van der Waals surface area contributed by atoms with E-state index in [-0.39, 0.29) is 30.1 Å². The molecule has 2 heterocycles. The van der Waals surface area contributed by atoms with E-state index in [1.807, 2.05) is 31.2 Å². The quantitative estimate of drug-likeness (QED) is 0.870. The summed E-state index contributed by atoms with van der Waals surface area (Å²) in [5.41, 5.74) is 2.04. The minimum Gasteiger partial charge on any atom is -0.355 e. The second-order valence-corrected chi connectivity index (χ2v) is 6.70. The van der Waals surface area contributed by atoms with Crippen LogP contribution in [0.25, 0.3) is 0 Å². The molecule has 0 bridgehead atoms. The third-order valence-electron chi connectivity index (χ3n) is 4.81. The molecule has 0 aromatic heterocycles. The maximum atomic E-state index is 12.4. The lowest BCUT2D eigenvalue weighted by Gasteiger charge is -2.23. The number of rotatable bonds is 4. The molecule has 2 aliphatic rings. The molecule has 24 heavy (non-hydrogen) atoms. The molecule has 0 saturated carbocycles. The number of aryl methyl sites for hydroxylation is 1. The summed E-state index contributed by atoms with van der Waals surface area (Å²) in [7, 11) is 0. The molecular weight excluding hydrogens is 326 g/mol. The Labute approximate surface area is 149 Å². The third-order valence-corrected chi connectivity index (χ3v) is 4.81. The Morgan fingerprint density at radius 1 is 1.33 bits per heavy atom. The van der Waals surface area contributed by atoms with E-state index in [0.717, 1.165) is 30.8 Å². The van der Waals surface area contributed by atoms with Gasteiger partial charge in [-0.3, -0.25) is 9.59 Å². The molecule has 0 aliphatic carbocycles. The molecule has 2 atom stereocenters. The molecule has 2 N–H and O–H groups in total. The molecule has 1 aromatic rings. The average molecular weight is 352 g/mol. The Morgan fingerprint density at radius 2 is 2.08 bits per heavy atom. The zero-order chi connectivity index (χ0) is 16.2. The Hall–Kier alpha value is -1.59. The minimum absolute atomic E-state index is 0. The maximum absolute atomic E-state index is 12.4. The summed E-state index contributed by atoms with van der Waals surface area (Å²) >= 11 is 0. The lowest BCUT2D eigenvalue weighted by atomic mass is 9.99. The van der Waals surface area contributed by atoms with Crippen molar-refractivity contribution in [3.05, 3.63) is 29.8 Å². The van der Waals surface area contributed by atoms with E-state index in [0.29, 0.717) is 25.4 Å². The van der Waals surface area contributed by atoms with Crippen molar-refractivity contribution in [2.24, 2.45) is 11.8 Å². The number of nitrogens with one attached hydrogen (secondary N) is 2. The molecule has 6 heteroatoms. The van der Waals surface area contributed by atoms with E-state index in [2.05, 4.69) is 10.6 Å². The normalized spacial score (nSPS) is 23.7. The van der Waals surface area contributed by atoms with Crippen LogP contribution in [0.2, 0.25) is 0 Å². The number of piperidine rings is 1. The molecule has 0 radical (unpaired) electrons. The molecule has 2 unspecified atom stereocenters. The zero-order valence-corrected chi connectivity index (χ0v) is 14.9. The van der Waals surface area contributed by atoms with E-state index < -0.39 is 0 Å². The number of carbonyl (C=O) groups excluding carboxylic acids is 2. The van der Waals surface area contributed by atoms with Gasteiger partial charge in [0.1, 0.15) is 0 Å². The Balaban J connectivity index is 0.00000208. The van der Waals surface area contributed by atoms with Gasteiger partial charge in [0.25, 0.3) is 0 Å². The van der Waals surface area contributed by atoms with E-state index in [1.54, 1.807) is 4.90 Å². The van der Waals surface area contributed by atoms with E-state index >= 15 is 0 Å². The maximum Gasteiger partial charge on any atom is 0.227 e. The molecule has 2 saturated heterocycles. The van der Waals surface area contributed by atoms with Crippen LogP contribution in [-0.4, -0.2) is 38.0 Å². The second-order valence-electron chi connectivity index (χ2n) is 6.70. The Morgan fingerprint density at radius 3 is 2.75 bits per heavy atom.